The molecule has 0 bridgehead atoms. The zero-order valence-corrected chi connectivity index (χ0v) is 14.5. The molecule has 2 aromatic carbocycles. The van der Waals surface area contributed by atoms with Crippen molar-refractivity contribution in [3.63, 3.8) is 0 Å². The SMILES string of the molecule is CC(C)c1ccc(Sc2n[nH]n3c2nc(=O)c2c(O)cccc23)cc1. The maximum absolute atomic E-state index is 12.3. The number of H-pyrrole nitrogens is 1. The molecule has 0 saturated heterocycles. The van der Waals surface area contributed by atoms with E-state index in [4.69, 9.17) is 0 Å². The van der Waals surface area contributed by atoms with Crippen LogP contribution >= 0.6 is 11.8 Å². The predicted octanol–water partition coefficient (Wildman–Crippen LogP) is 3.55. The Morgan fingerprint density at radius 1 is 1.16 bits per heavy atom. The van der Waals surface area contributed by atoms with Crippen LogP contribution in [0.1, 0.15) is 25.3 Å². The predicted molar refractivity (Wildman–Crippen MR) is 97.4 cm³/mol. The van der Waals surface area contributed by atoms with Crippen molar-refractivity contribution < 1.29 is 5.11 Å². The van der Waals surface area contributed by atoms with E-state index in [0.29, 0.717) is 22.1 Å². The van der Waals surface area contributed by atoms with Crippen molar-refractivity contribution in [3.05, 3.63) is 58.4 Å². The van der Waals surface area contributed by atoms with Crippen LogP contribution in [0.15, 0.2) is 57.2 Å². The second kappa shape index (κ2) is 5.93. The van der Waals surface area contributed by atoms with Crippen LogP contribution in [0.25, 0.3) is 16.6 Å². The van der Waals surface area contributed by atoms with E-state index in [9.17, 15) is 9.90 Å². The first-order valence-electron chi connectivity index (χ1n) is 7.91. The molecule has 0 aliphatic carbocycles. The number of fused-ring (bicyclic) bond motifs is 3. The van der Waals surface area contributed by atoms with Crippen LogP contribution in [-0.2, 0) is 0 Å². The molecule has 2 aromatic heterocycles. The van der Waals surface area contributed by atoms with Gasteiger partial charge in [-0.05, 0) is 35.7 Å². The summed E-state index contributed by atoms with van der Waals surface area (Å²) in [6, 6.07) is 13.2. The van der Waals surface area contributed by atoms with Crippen LogP contribution in [0.2, 0.25) is 0 Å². The van der Waals surface area contributed by atoms with Crippen molar-refractivity contribution in [1.29, 1.82) is 0 Å². The minimum atomic E-state index is -0.466. The third kappa shape index (κ3) is 2.66. The lowest BCUT2D eigenvalue weighted by Crippen LogP contribution is -2.10. The Hall–Kier alpha value is -2.80. The molecule has 126 valence electrons. The number of aromatic hydroxyl groups is 1. The fourth-order valence-corrected chi connectivity index (χ4v) is 3.55. The maximum Gasteiger partial charge on any atom is 0.285 e. The number of nitrogens with zero attached hydrogens (tertiary/aromatic N) is 3. The van der Waals surface area contributed by atoms with Gasteiger partial charge in [0.15, 0.2) is 10.7 Å². The second-order valence-corrected chi connectivity index (χ2v) is 7.15. The number of benzene rings is 2. The monoisotopic (exact) mass is 352 g/mol. The minimum absolute atomic E-state index is 0.0857. The van der Waals surface area contributed by atoms with E-state index in [2.05, 4.69) is 41.3 Å². The molecule has 0 aliphatic heterocycles. The molecule has 7 heteroatoms. The quantitative estimate of drug-likeness (QED) is 0.589. The summed E-state index contributed by atoms with van der Waals surface area (Å²) in [6.45, 7) is 4.31. The summed E-state index contributed by atoms with van der Waals surface area (Å²) in [7, 11) is 0. The Morgan fingerprint density at radius 3 is 2.64 bits per heavy atom. The number of hydrogen-bond acceptors (Lipinski definition) is 5. The van der Waals surface area contributed by atoms with E-state index in [1.165, 1.54) is 23.4 Å². The summed E-state index contributed by atoms with van der Waals surface area (Å²) in [4.78, 5) is 17.4. The first-order valence-corrected chi connectivity index (χ1v) is 8.73. The second-order valence-electron chi connectivity index (χ2n) is 6.09. The first-order chi connectivity index (χ1) is 12.0. The molecule has 0 unspecified atom stereocenters. The summed E-state index contributed by atoms with van der Waals surface area (Å²) < 4.78 is 1.61. The molecule has 6 nitrogen and oxygen atoms in total. The van der Waals surface area contributed by atoms with Gasteiger partial charge in [0.2, 0.25) is 0 Å². The Morgan fingerprint density at radius 2 is 1.92 bits per heavy atom. The lowest BCUT2D eigenvalue weighted by atomic mass is 10.0. The van der Waals surface area contributed by atoms with Gasteiger partial charge in [0.05, 0.1) is 5.52 Å². The van der Waals surface area contributed by atoms with Crippen LogP contribution in [0.4, 0.5) is 0 Å². The highest BCUT2D eigenvalue weighted by molar-refractivity contribution is 7.99. The van der Waals surface area contributed by atoms with E-state index in [0.717, 1.165) is 4.90 Å². The van der Waals surface area contributed by atoms with Gasteiger partial charge in [-0.25, -0.2) is 9.73 Å². The van der Waals surface area contributed by atoms with E-state index < -0.39 is 5.56 Å². The zero-order chi connectivity index (χ0) is 17.6. The number of phenolic OH excluding ortho intramolecular Hbond substituents is 1. The molecule has 4 rings (SSSR count). The zero-order valence-electron chi connectivity index (χ0n) is 13.7. The minimum Gasteiger partial charge on any atom is -0.507 e. The molecule has 0 saturated carbocycles. The number of aromatic amines is 1. The summed E-state index contributed by atoms with van der Waals surface area (Å²) in [5, 5.41) is 17.9. The number of rotatable bonds is 3. The van der Waals surface area contributed by atoms with Crippen molar-refractivity contribution in [1.82, 2.24) is 19.8 Å². The molecule has 25 heavy (non-hydrogen) atoms. The normalized spacial score (nSPS) is 11.6. The maximum atomic E-state index is 12.3. The van der Waals surface area contributed by atoms with Crippen molar-refractivity contribution in [2.75, 3.05) is 0 Å². The highest BCUT2D eigenvalue weighted by atomic mass is 32.2. The Balaban J connectivity index is 1.81. The van der Waals surface area contributed by atoms with Gasteiger partial charge in [-0.1, -0.05) is 43.8 Å². The molecule has 0 spiro atoms. The van der Waals surface area contributed by atoms with Gasteiger partial charge in [0.1, 0.15) is 11.1 Å². The van der Waals surface area contributed by atoms with Crippen molar-refractivity contribution in [2.45, 2.75) is 29.7 Å². The fraction of sp³-hybridized carbons (Fsp3) is 0.167. The molecule has 2 heterocycles. The Bertz CT molecular complexity index is 1130. The fourth-order valence-electron chi connectivity index (χ4n) is 2.74. The van der Waals surface area contributed by atoms with Crippen LogP contribution in [0, 0.1) is 0 Å². The highest BCUT2D eigenvalue weighted by Gasteiger charge is 2.15. The molecule has 4 aromatic rings. The van der Waals surface area contributed by atoms with Crippen molar-refractivity contribution in [2.24, 2.45) is 0 Å². The van der Waals surface area contributed by atoms with E-state index >= 15 is 0 Å². The lowest BCUT2D eigenvalue weighted by molar-refractivity contribution is 0.481. The van der Waals surface area contributed by atoms with Crippen LogP contribution in [0.3, 0.4) is 0 Å². The molecular weight excluding hydrogens is 336 g/mol. The van der Waals surface area contributed by atoms with Crippen molar-refractivity contribution in [3.8, 4) is 5.75 Å². The third-order valence-corrected chi connectivity index (χ3v) is 5.07. The van der Waals surface area contributed by atoms with Gasteiger partial charge < -0.3 is 5.11 Å². The lowest BCUT2D eigenvalue weighted by Gasteiger charge is -2.06. The topological polar surface area (TPSA) is 83.3 Å². The van der Waals surface area contributed by atoms with Gasteiger partial charge in [-0.3, -0.25) is 4.79 Å². The van der Waals surface area contributed by atoms with Crippen LogP contribution < -0.4 is 5.56 Å². The smallest absolute Gasteiger partial charge is 0.285 e. The third-order valence-electron chi connectivity index (χ3n) is 4.10. The molecule has 0 amide bonds. The Labute approximate surface area is 147 Å². The summed E-state index contributed by atoms with van der Waals surface area (Å²) in [5.74, 6) is 0.391. The van der Waals surface area contributed by atoms with Gasteiger partial charge >= 0.3 is 0 Å². The van der Waals surface area contributed by atoms with Crippen molar-refractivity contribution >= 4 is 28.3 Å². The van der Waals surface area contributed by atoms with Crippen LogP contribution in [0.5, 0.6) is 5.75 Å². The summed E-state index contributed by atoms with van der Waals surface area (Å²) in [5.41, 5.74) is 1.80. The number of aromatic nitrogens is 4. The van der Waals surface area contributed by atoms with E-state index in [1.807, 2.05) is 12.1 Å². The van der Waals surface area contributed by atoms with E-state index in [1.54, 1.807) is 16.6 Å². The number of nitrogens with one attached hydrogen (secondary N) is 1. The van der Waals surface area contributed by atoms with Gasteiger partial charge in [0.25, 0.3) is 5.56 Å². The average Bonchev–Trinajstić information content (AvgIpc) is 2.98. The number of phenols is 1. The summed E-state index contributed by atoms with van der Waals surface area (Å²) in [6.07, 6.45) is 0. The number of hydrogen-bond donors (Lipinski definition) is 2. The summed E-state index contributed by atoms with van der Waals surface area (Å²) >= 11 is 1.44. The van der Waals surface area contributed by atoms with Gasteiger partial charge in [-0.2, -0.15) is 4.98 Å². The molecule has 0 aliphatic rings. The Kier molecular flexibility index (Phi) is 3.73. The molecule has 0 radical (unpaired) electrons. The van der Waals surface area contributed by atoms with Gasteiger partial charge in [0, 0.05) is 4.90 Å². The van der Waals surface area contributed by atoms with Gasteiger partial charge in [-0.15, -0.1) is 5.10 Å². The van der Waals surface area contributed by atoms with Crippen LogP contribution in [-0.4, -0.2) is 24.9 Å². The largest absolute Gasteiger partial charge is 0.507 e. The molecular formula is C18H16N4O2S. The highest BCUT2D eigenvalue weighted by Crippen LogP contribution is 2.30. The first kappa shape index (κ1) is 15.7. The van der Waals surface area contributed by atoms with E-state index in [-0.39, 0.29) is 11.1 Å². The standard InChI is InChI=1S/C18H16N4O2S/c1-10(2)11-6-8-12(9-7-11)25-18-16-19-17(24)15-13(22(16)21-20-18)4-3-5-14(15)23/h3-10,21,23H,1-2H3. The molecule has 0 atom stereocenters. The molecule has 0 fully saturated rings. The average molecular weight is 352 g/mol. The molecule has 2 N–H and O–H groups in total.